The maximum atomic E-state index is 10.8. The van der Waals surface area contributed by atoms with Gasteiger partial charge in [0.2, 0.25) is 0 Å². The molecule has 1 saturated heterocycles. The van der Waals surface area contributed by atoms with Gasteiger partial charge in [-0.3, -0.25) is 0 Å². The lowest BCUT2D eigenvalue weighted by Gasteiger charge is -2.38. The molecule has 20 heavy (non-hydrogen) atoms. The highest BCUT2D eigenvalue weighted by Gasteiger charge is 2.32. The SMILES string of the molecule is CCCN1CCC(O)(Cc2ccc(OC)c(Br)c2)CC1. The summed E-state index contributed by atoms with van der Waals surface area (Å²) in [6, 6.07) is 6.05. The number of rotatable bonds is 5. The fraction of sp³-hybridized carbons (Fsp3) is 0.625. The third-order valence-corrected chi connectivity index (χ3v) is 4.70. The molecule has 1 aromatic rings. The van der Waals surface area contributed by atoms with Crippen LogP contribution in [0.4, 0.5) is 0 Å². The van der Waals surface area contributed by atoms with Crippen molar-refractivity contribution in [3.8, 4) is 5.75 Å². The minimum absolute atomic E-state index is 0.557. The van der Waals surface area contributed by atoms with Gasteiger partial charge in [0, 0.05) is 19.5 Å². The normalized spacial score (nSPS) is 19.0. The zero-order valence-electron chi connectivity index (χ0n) is 12.4. The van der Waals surface area contributed by atoms with Gasteiger partial charge in [0.25, 0.3) is 0 Å². The first kappa shape index (κ1) is 15.8. The van der Waals surface area contributed by atoms with Crippen LogP contribution in [0.5, 0.6) is 5.75 Å². The van der Waals surface area contributed by atoms with Gasteiger partial charge in [0.05, 0.1) is 17.2 Å². The van der Waals surface area contributed by atoms with E-state index in [-0.39, 0.29) is 0 Å². The van der Waals surface area contributed by atoms with E-state index in [0.717, 1.165) is 54.7 Å². The molecule has 0 atom stereocenters. The number of ether oxygens (including phenoxy) is 1. The molecular weight excluding hydrogens is 318 g/mol. The first-order chi connectivity index (χ1) is 9.56. The zero-order chi connectivity index (χ0) is 14.6. The number of hydrogen-bond donors (Lipinski definition) is 1. The second-order valence-electron chi connectivity index (χ2n) is 5.71. The van der Waals surface area contributed by atoms with Crippen LogP contribution in [-0.2, 0) is 6.42 Å². The minimum Gasteiger partial charge on any atom is -0.496 e. The Labute approximate surface area is 130 Å². The van der Waals surface area contributed by atoms with Crippen LogP contribution in [0.15, 0.2) is 22.7 Å². The second-order valence-corrected chi connectivity index (χ2v) is 6.57. The van der Waals surface area contributed by atoms with E-state index in [1.165, 1.54) is 6.42 Å². The van der Waals surface area contributed by atoms with Crippen LogP contribution >= 0.6 is 15.9 Å². The Hall–Kier alpha value is -0.580. The van der Waals surface area contributed by atoms with Gasteiger partial charge < -0.3 is 14.7 Å². The average Bonchev–Trinajstić information content (AvgIpc) is 2.42. The molecule has 0 aromatic heterocycles. The summed E-state index contributed by atoms with van der Waals surface area (Å²) in [5.74, 6) is 0.832. The van der Waals surface area contributed by atoms with Crippen LogP contribution in [0.25, 0.3) is 0 Å². The van der Waals surface area contributed by atoms with Gasteiger partial charge in [-0.25, -0.2) is 0 Å². The van der Waals surface area contributed by atoms with Crippen molar-refractivity contribution in [2.24, 2.45) is 0 Å². The van der Waals surface area contributed by atoms with E-state index in [1.54, 1.807) is 7.11 Å². The molecule has 1 aliphatic rings. The minimum atomic E-state index is -0.557. The van der Waals surface area contributed by atoms with Gasteiger partial charge in [0.1, 0.15) is 5.75 Å². The van der Waals surface area contributed by atoms with Crippen LogP contribution in [0.3, 0.4) is 0 Å². The van der Waals surface area contributed by atoms with E-state index in [1.807, 2.05) is 12.1 Å². The summed E-state index contributed by atoms with van der Waals surface area (Å²) in [5, 5.41) is 10.8. The Bertz CT molecular complexity index is 442. The van der Waals surface area contributed by atoms with Gasteiger partial charge in [-0.1, -0.05) is 13.0 Å². The van der Waals surface area contributed by atoms with E-state index in [9.17, 15) is 5.11 Å². The lowest BCUT2D eigenvalue weighted by molar-refractivity contribution is -0.0205. The molecule has 0 bridgehead atoms. The van der Waals surface area contributed by atoms with Gasteiger partial charge in [0.15, 0.2) is 0 Å². The Morgan fingerprint density at radius 1 is 1.35 bits per heavy atom. The van der Waals surface area contributed by atoms with E-state index in [2.05, 4.69) is 33.8 Å². The summed E-state index contributed by atoms with van der Waals surface area (Å²) in [4.78, 5) is 2.44. The summed E-state index contributed by atoms with van der Waals surface area (Å²) < 4.78 is 6.19. The molecule has 112 valence electrons. The van der Waals surface area contributed by atoms with Crippen LogP contribution in [0, 0.1) is 0 Å². The highest BCUT2D eigenvalue weighted by atomic mass is 79.9. The van der Waals surface area contributed by atoms with Gasteiger partial charge in [-0.05, 0) is 59.4 Å². The predicted octanol–water partition coefficient (Wildman–Crippen LogP) is 3.24. The maximum absolute atomic E-state index is 10.8. The molecule has 2 rings (SSSR count). The van der Waals surface area contributed by atoms with Crippen molar-refractivity contribution < 1.29 is 9.84 Å². The molecule has 1 N–H and O–H groups in total. The van der Waals surface area contributed by atoms with Crippen molar-refractivity contribution in [2.75, 3.05) is 26.7 Å². The first-order valence-electron chi connectivity index (χ1n) is 7.33. The molecule has 0 saturated carbocycles. The third-order valence-electron chi connectivity index (χ3n) is 4.08. The Morgan fingerprint density at radius 2 is 2.05 bits per heavy atom. The highest BCUT2D eigenvalue weighted by Crippen LogP contribution is 2.30. The highest BCUT2D eigenvalue weighted by molar-refractivity contribution is 9.10. The molecule has 3 nitrogen and oxygen atoms in total. The molecular formula is C16H24BrNO2. The van der Waals surface area contributed by atoms with Crippen LogP contribution in [-0.4, -0.2) is 42.4 Å². The van der Waals surface area contributed by atoms with Gasteiger partial charge in [-0.15, -0.1) is 0 Å². The molecule has 1 aromatic carbocycles. The number of likely N-dealkylation sites (tertiary alicyclic amines) is 1. The van der Waals surface area contributed by atoms with E-state index in [0.29, 0.717) is 0 Å². The molecule has 1 aliphatic heterocycles. The van der Waals surface area contributed by atoms with Crippen molar-refractivity contribution in [3.05, 3.63) is 28.2 Å². The molecule has 4 heteroatoms. The topological polar surface area (TPSA) is 32.7 Å². The smallest absolute Gasteiger partial charge is 0.133 e. The van der Waals surface area contributed by atoms with Gasteiger partial charge in [-0.2, -0.15) is 0 Å². The van der Waals surface area contributed by atoms with Crippen molar-refractivity contribution in [1.29, 1.82) is 0 Å². The van der Waals surface area contributed by atoms with E-state index >= 15 is 0 Å². The maximum Gasteiger partial charge on any atom is 0.133 e. The lowest BCUT2D eigenvalue weighted by atomic mass is 9.85. The molecule has 0 amide bonds. The average molecular weight is 342 g/mol. The molecule has 0 aliphatic carbocycles. The molecule has 0 radical (unpaired) electrons. The number of halogens is 1. The lowest BCUT2D eigenvalue weighted by Crippen LogP contribution is -2.45. The number of nitrogens with zero attached hydrogens (tertiary/aromatic N) is 1. The van der Waals surface area contributed by atoms with Crippen LogP contribution in [0.1, 0.15) is 31.7 Å². The first-order valence-corrected chi connectivity index (χ1v) is 8.13. The van der Waals surface area contributed by atoms with Crippen molar-refractivity contribution in [3.63, 3.8) is 0 Å². The zero-order valence-corrected chi connectivity index (χ0v) is 13.9. The number of aliphatic hydroxyl groups is 1. The second kappa shape index (κ2) is 6.92. The summed E-state index contributed by atoms with van der Waals surface area (Å²) in [7, 11) is 1.66. The Morgan fingerprint density at radius 3 is 2.60 bits per heavy atom. The fourth-order valence-corrected chi connectivity index (χ4v) is 3.47. The summed E-state index contributed by atoms with van der Waals surface area (Å²) in [5.41, 5.74) is 0.599. The number of piperidine rings is 1. The monoisotopic (exact) mass is 341 g/mol. The largest absolute Gasteiger partial charge is 0.496 e. The predicted molar refractivity (Wildman–Crippen MR) is 85.3 cm³/mol. The van der Waals surface area contributed by atoms with Crippen LogP contribution in [0.2, 0.25) is 0 Å². The van der Waals surface area contributed by atoms with Crippen molar-refractivity contribution in [1.82, 2.24) is 4.90 Å². The Balaban J connectivity index is 1.97. The summed E-state index contributed by atoms with van der Waals surface area (Å²) in [6.45, 7) is 5.35. The van der Waals surface area contributed by atoms with Crippen LogP contribution < -0.4 is 4.74 Å². The quantitative estimate of drug-likeness (QED) is 0.892. The summed E-state index contributed by atoms with van der Waals surface area (Å²) in [6.07, 6.45) is 3.62. The molecule has 1 heterocycles. The van der Waals surface area contributed by atoms with E-state index in [4.69, 9.17) is 4.74 Å². The van der Waals surface area contributed by atoms with Crippen molar-refractivity contribution in [2.45, 2.75) is 38.2 Å². The number of methoxy groups -OCH3 is 1. The van der Waals surface area contributed by atoms with E-state index < -0.39 is 5.60 Å². The third kappa shape index (κ3) is 3.96. The number of benzene rings is 1. The summed E-state index contributed by atoms with van der Waals surface area (Å²) >= 11 is 3.50. The van der Waals surface area contributed by atoms with Gasteiger partial charge >= 0.3 is 0 Å². The number of hydrogen-bond acceptors (Lipinski definition) is 3. The van der Waals surface area contributed by atoms with Crippen molar-refractivity contribution >= 4 is 15.9 Å². The Kier molecular flexibility index (Phi) is 5.47. The standard InChI is InChI=1S/C16H24BrNO2/c1-3-8-18-9-6-16(19,7-10-18)12-13-4-5-15(20-2)14(17)11-13/h4-5,11,19H,3,6-10,12H2,1-2H3. The molecule has 0 spiro atoms. The molecule has 0 unspecified atom stereocenters. The molecule has 1 fully saturated rings. The fourth-order valence-electron chi connectivity index (χ4n) is 2.89.